The number of carbonyl (C=O) groups excluding carboxylic acids is 1. The Morgan fingerprint density at radius 1 is 1.18 bits per heavy atom. The molecule has 0 aromatic heterocycles. The average Bonchev–Trinajstić information content (AvgIpc) is 2.04. The first-order valence-corrected chi connectivity index (χ1v) is 3.73. The van der Waals surface area contributed by atoms with Crippen LogP contribution in [0, 0.1) is 0 Å². The third-order valence-corrected chi connectivity index (χ3v) is 1.92. The normalized spacial score (nSPS) is 16.4. The topological polar surface area (TPSA) is 20.3 Å². The van der Waals surface area contributed by atoms with Crippen LogP contribution in [0.4, 0.5) is 5.69 Å². The number of carbonyl (C=O) groups is 1. The molecule has 1 fully saturated rings. The predicted molar refractivity (Wildman–Crippen MR) is 43.4 cm³/mol. The summed E-state index contributed by atoms with van der Waals surface area (Å²) in [6.07, 6.45) is 0.703. The molecule has 1 saturated heterocycles. The van der Waals surface area contributed by atoms with Gasteiger partial charge in [0.1, 0.15) is 0 Å². The van der Waals surface area contributed by atoms with Crippen LogP contribution in [-0.2, 0) is 4.79 Å². The number of nitrogens with zero attached hydrogens (tertiary/aromatic N) is 1. The van der Waals surface area contributed by atoms with Gasteiger partial charge in [0.05, 0.1) is 0 Å². The quantitative estimate of drug-likeness (QED) is 0.550. The van der Waals surface area contributed by atoms with E-state index in [1.165, 1.54) is 0 Å². The molecular formula is C9H9NO. The van der Waals surface area contributed by atoms with E-state index in [4.69, 9.17) is 0 Å². The molecule has 11 heavy (non-hydrogen) atoms. The van der Waals surface area contributed by atoms with Crippen molar-refractivity contribution in [1.29, 1.82) is 0 Å². The van der Waals surface area contributed by atoms with Crippen LogP contribution in [-0.4, -0.2) is 12.5 Å². The van der Waals surface area contributed by atoms with Crippen LogP contribution in [0.15, 0.2) is 30.3 Å². The molecule has 0 spiro atoms. The second-order valence-electron chi connectivity index (χ2n) is 2.63. The van der Waals surface area contributed by atoms with Gasteiger partial charge in [0.15, 0.2) is 0 Å². The van der Waals surface area contributed by atoms with Gasteiger partial charge in [0.25, 0.3) is 0 Å². The van der Waals surface area contributed by atoms with Gasteiger partial charge in [0.2, 0.25) is 5.91 Å². The molecule has 2 rings (SSSR count). The lowest BCUT2D eigenvalue weighted by molar-refractivity contribution is -0.122. The van der Waals surface area contributed by atoms with Gasteiger partial charge >= 0.3 is 0 Å². The lowest BCUT2D eigenvalue weighted by atomic mass is 10.1. The molecule has 1 amide bonds. The van der Waals surface area contributed by atoms with Crippen LogP contribution in [0.3, 0.4) is 0 Å². The Kier molecular flexibility index (Phi) is 1.39. The number of hydrogen-bond acceptors (Lipinski definition) is 1. The Bertz CT molecular complexity index is 268. The third kappa shape index (κ3) is 1.00. The van der Waals surface area contributed by atoms with Crippen molar-refractivity contribution >= 4 is 11.6 Å². The fourth-order valence-electron chi connectivity index (χ4n) is 1.20. The molecular weight excluding hydrogens is 138 g/mol. The number of hydrogen-bond donors (Lipinski definition) is 0. The SMILES string of the molecule is O=C1CCN1c1ccccc1. The molecule has 1 aromatic carbocycles. The van der Waals surface area contributed by atoms with Crippen LogP contribution in [0.1, 0.15) is 6.42 Å². The Balaban J connectivity index is 2.23. The van der Waals surface area contributed by atoms with Gasteiger partial charge in [-0.05, 0) is 12.1 Å². The van der Waals surface area contributed by atoms with Crippen LogP contribution in [0.5, 0.6) is 0 Å². The van der Waals surface area contributed by atoms with Crippen LogP contribution < -0.4 is 4.90 Å². The second kappa shape index (κ2) is 2.38. The highest BCUT2D eigenvalue weighted by Gasteiger charge is 2.24. The summed E-state index contributed by atoms with van der Waals surface area (Å²) in [5, 5.41) is 0. The van der Waals surface area contributed by atoms with E-state index in [-0.39, 0.29) is 5.91 Å². The second-order valence-corrected chi connectivity index (χ2v) is 2.63. The molecule has 0 unspecified atom stereocenters. The molecule has 0 radical (unpaired) electrons. The minimum Gasteiger partial charge on any atom is -0.312 e. The molecule has 1 aliphatic heterocycles. The first-order valence-electron chi connectivity index (χ1n) is 3.73. The van der Waals surface area contributed by atoms with Crippen molar-refractivity contribution in [2.45, 2.75) is 6.42 Å². The van der Waals surface area contributed by atoms with Gasteiger partial charge in [-0.3, -0.25) is 4.79 Å². The van der Waals surface area contributed by atoms with Crippen molar-refractivity contribution in [2.75, 3.05) is 11.4 Å². The molecule has 2 nitrogen and oxygen atoms in total. The monoisotopic (exact) mass is 147 g/mol. The zero-order chi connectivity index (χ0) is 7.68. The van der Waals surface area contributed by atoms with E-state index < -0.39 is 0 Å². The van der Waals surface area contributed by atoms with Crippen LogP contribution >= 0.6 is 0 Å². The van der Waals surface area contributed by atoms with Gasteiger partial charge in [-0.25, -0.2) is 0 Å². The molecule has 0 N–H and O–H groups in total. The summed E-state index contributed by atoms with van der Waals surface area (Å²) in [4.78, 5) is 12.7. The number of para-hydroxylation sites is 1. The summed E-state index contributed by atoms with van der Waals surface area (Å²) < 4.78 is 0. The minimum absolute atomic E-state index is 0.233. The van der Waals surface area contributed by atoms with Crippen molar-refractivity contribution in [3.8, 4) is 0 Å². The van der Waals surface area contributed by atoms with Crippen molar-refractivity contribution in [1.82, 2.24) is 0 Å². The summed E-state index contributed by atoms with van der Waals surface area (Å²) >= 11 is 0. The van der Waals surface area contributed by atoms with Crippen molar-refractivity contribution in [2.24, 2.45) is 0 Å². The van der Waals surface area contributed by atoms with E-state index >= 15 is 0 Å². The lowest BCUT2D eigenvalue weighted by Crippen LogP contribution is -2.43. The van der Waals surface area contributed by atoms with Gasteiger partial charge in [-0.15, -0.1) is 0 Å². The summed E-state index contributed by atoms with van der Waals surface area (Å²) in [7, 11) is 0. The molecule has 1 aromatic rings. The van der Waals surface area contributed by atoms with Crippen molar-refractivity contribution in [3.63, 3.8) is 0 Å². The highest BCUT2D eigenvalue weighted by atomic mass is 16.2. The maximum absolute atomic E-state index is 11.0. The fourth-order valence-corrected chi connectivity index (χ4v) is 1.20. The Hall–Kier alpha value is -1.31. The van der Waals surface area contributed by atoms with Crippen LogP contribution in [0.25, 0.3) is 0 Å². The zero-order valence-corrected chi connectivity index (χ0v) is 6.16. The minimum atomic E-state index is 0.233. The van der Waals surface area contributed by atoms with Gasteiger partial charge in [-0.2, -0.15) is 0 Å². The molecule has 1 heterocycles. The van der Waals surface area contributed by atoms with Gasteiger partial charge in [-0.1, -0.05) is 18.2 Å². The third-order valence-electron chi connectivity index (χ3n) is 1.92. The van der Waals surface area contributed by atoms with E-state index in [2.05, 4.69) is 0 Å². The molecule has 0 aliphatic carbocycles. The van der Waals surface area contributed by atoms with Gasteiger partial charge < -0.3 is 4.90 Å². The first kappa shape index (κ1) is 6.40. The first-order chi connectivity index (χ1) is 5.38. The molecule has 0 bridgehead atoms. The summed E-state index contributed by atoms with van der Waals surface area (Å²) in [6, 6.07) is 9.75. The van der Waals surface area contributed by atoms with Crippen molar-refractivity contribution < 1.29 is 4.79 Å². The van der Waals surface area contributed by atoms with E-state index in [0.29, 0.717) is 6.42 Å². The van der Waals surface area contributed by atoms with E-state index in [1.54, 1.807) is 4.90 Å². The fraction of sp³-hybridized carbons (Fsp3) is 0.222. The number of β-lactam (4-membered cyclic amide) rings is 1. The Morgan fingerprint density at radius 2 is 1.91 bits per heavy atom. The lowest BCUT2D eigenvalue weighted by Gasteiger charge is -2.30. The largest absolute Gasteiger partial charge is 0.312 e. The molecule has 0 atom stereocenters. The average molecular weight is 147 g/mol. The van der Waals surface area contributed by atoms with E-state index in [0.717, 1.165) is 12.2 Å². The number of benzene rings is 1. The number of anilines is 1. The Morgan fingerprint density at radius 3 is 2.36 bits per heavy atom. The van der Waals surface area contributed by atoms with Gasteiger partial charge in [0, 0.05) is 18.7 Å². The molecule has 1 aliphatic rings. The van der Waals surface area contributed by atoms with Crippen LogP contribution in [0.2, 0.25) is 0 Å². The molecule has 56 valence electrons. The molecule has 0 saturated carbocycles. The van der Waals surface area contributed by atoms with Crippen molar-refractivity contribution in [3.05, 3.63) is 30.3 Å². The van der Waals surface area contributed by atoms with E-state index in [9.17, 15) is 4.79 Å². The predicted octanol–water partition coefficient (Wildman–Crippen LogP) is 1.42. The summed E-state index contributed by atoms with van der Waals surface area (Å²) in [5.41, 5.74) is 1.02. The maximum atomic E-state index is 11.0. The summed E-state index contributed by atoms with van der Waals surface area (Å²) in [6.45, 7) is 0.878. The number of rotatable bonds is 1. The number of amides is 1. The smallest absolute Gasteiger partial charge is 0.228 e. The van der Waals surface area contributed by atoms with E-state index in [1.807, 2.05) is 30.3 Å². The zero-order valence-electron chi connectivity index (χ0n) is 6.16. The summed E-state index contributed by atoms with van der Waals surface area (Å²) in [5.74, 6) is 0.233. The highest BCUT2D eigenvalue weighted by Crippen LogP contribution is 2.20. The molecule has 2 heteroatoms. The highest BCUT2D eigenvalue weighted by molar-refractivity contribution is 5.99. The Labute approximate surface area is 65.4 Å². The maximum Gasteiger partial charge on any atom is 0.228 e. The standard InChI is InChI=1S/C9H9NO/c11-9-6-7-10(9)8-4-2-1-3-5-8/h1-5H,6-7H2.